The number of aliphatic hydroxyl groups excluding tert-OH is 12. The van der Waals surface area contributed by atoms with Gasteiger partial charge in [0.25, 0.3) is 0 Å². The van der Waals surface area contributed by atoms with Gasteiger partial charge in [0, 0.05) is 6.61 Å². The first-order chi connectivity index (χ1) is 24.7. The molecule has 12 unspecified atom stereocenters. The van der Waals surface area contributed by atoms with Gasteiger partial charge >= 0.3 is 5.97 Å². The average Bonchev–Trinajstić information content (AvgIpc) is 3.13. The minimum absolute atomic E-state index is 0.143. The second kappa shape index (κ2) is 19.5. The molecule has 15 N–H and O–H groups in total. The van der Waals surface area contributed by atoms with Crippen LogP contribution in [0, 0.1) is 0 Å². The summed E-state index contributed by atoms with van der Waals surface area (Å²) in [7, 11) is 0. The van der Waals surface area contributed by atoms with Crippen LogP contribution >= 0.6 is 0 Å². The lowest BCUT2D eigenvalue weighted by molar-refractivity contribution is -0.385. The highest BCUT2D eigenvalue weighted by Crippen LogP contribution is 2.34. The molecule has 304 valence electrons. The van der Waals surface area contributed by atoms with Gasteiger partial charge in [-0.25, -0.2) is 4.79 Å². The van der Waals surface area contributed by atoms with Crippen molar-refractivity contribution in [2.75, 3.05) is 33.0 Å². The Balaban J connectivity index is 1.41. The molecule has 52 heavy (non-hydrogen) atoms. The molecular formula is C29H51NO22. The van der Waals surface area contributed by atoms with Gasteiger partial charge in [-0.2, -0.15) is 0 Å². The van der Waals surface area contributed by atoms with Crippen molar-refractivity contribution < 1.29 is 109 Å². The maximum atomic E-state index is 12.2. The van der Waals surface area contributed by atoms with Crippen LogP contribution in [0.25, 0.3) is 0 Å². The van der Waals surface area contributed by atoms with Gasteiger partial charge in [0.2, 0.25) is 0 Å². The number of aliphatic hydroxyl groups is 12. The zero-order valence-electron chi connectivity index (χ0n) is 27.8. The molecular weight excluding hydrogens is 714 g/mol. The van der Waals surface area contributed by atoms with Crippen LogP contribution in [0.15, 0.2) is 0 Å². The van der Waals surface area contributed by atoms with Crippen LogP contribution < -0.4 is 5.73 Å². The van der Waals surface area contributed by atoms with Gasteiger partial charge in [0.1, 0.15) is 91.6 Å². The summed E-state index contributed by atoms with van der Waals surface area (Å²) in [4.78, 5) is 12.2. The number of ether oxygens (including phenoxy) is 8. The van der Waals surface area contributed by atoms with Crippen molar-refractivity contribution in [3.05, 3.63) is 0 Å². The number of rotatable bonds is 16. The Morgan fingerprint density at radius 3 is 1.42 bits per heavy atom. The number of unbranched alkanes of at least 4 members (excludes halogenated alkanes) is 2. The fourth-order valence-corrected chi connectivity index (χ4v) is 6.26. The van der Waals surface area contributed by atoms with Gasteiger partial charge in [-0.15, -0.1) is 0 Å². The molecule has 0 saturated carbocycles. The monoisotopic (exact) mass is 765 g/mol. The van der Waals surface area contributed by atoms with Crippen LogP contribution in [-0.2, 0) is 42.7 Å². The van der Waals surface area contributed by atoms with Crippen molar-refractivity contribution in [1.82, 2.24) is 0 Å². The van der Waals surface area contributed by atoms with Gasteiger partial charge in [-0.3, -0.25) is 0 Å². The average molecular weight is 766 g/mol. The third kappa shape index (κ3) is 9.52. The Kier molecular flexibility index (Phi) is 16.2. The largest absolute Gasteiger partial charge is 0.479 e. The third-order valence-electron chi connectivity index (χ3n) is 9.28. The van der Waals surface area contributed by atoms with Gasteiger partial charge in [-0.05, 0) is 25.8 Å². The molecule has 0 aliphatic carbocycles. The highest BCUT2D eigenvalue weighted by Gasteiger charge is 2.56. The molecule has 0 amide bonds. The Hall–Kier alpha value is -1.37. The van der Waals surface area contributed by atoms with Crippen molar-refractivity contribution in [3.8, 4) is 0 Å². The fourth-order valence-electron chi connectivity index (χ4n) is 6.26. The first-order valence-electron chi connectivity index (χ1n) is 16.8. The second-order valence-corrected chi connectivity index (χ2v) is 12.9. The highest BCUT2D eigenvalue weighted by molar-refractivity contribution is 5.73. The molecule has 4 aliphatic heterocycles. The smallest absolute Gasteiger partial charge is 0.335 e. The predicted molar refractivity (Wildman–Crippen MR) is 161 cm³/mol. The number of carboxylic acids is 1. The van der Waals surface area contributed by atoms with Crippen molar-refractivity contribution in [1.29, 1.82) is 0 Å². The summed E-state index contributed by atoms with van der Waals surface area (Å²) < 4.78 is 43.7. The van der Waals surface area contributed by atoms with E-state index >= 15 is 0 Å². The fraction of sp³-hybridized carbons (Fsp3) is 0.966. The van der Waals surface area contributed by atoms with Gasteiger partial charge in [0.05, 0.1) is 19.8 Å². The number of carbonyl (C=O) groups is 1. The summed E-state index contributed by atoms with van der Waals surface area (Å²) >= 11 is 0. The first-order valence-corrected chi connectivity index (χ1v) is 16.8. The SMILES string of the molecule is NCCCCCO[C@H]1OC(CO)[C@@H](O[C@@H]2OC(CO)[C@@H](O[C@@H]3OC(C(=O)O)[C@@H](O[C@H]4OC(CO)[C@H](O)C(O)C4O)C(O)C3O)C(O)C2O)C(O)C1O. The maximum Gasteiger partial charge on any atom is 0.335 e. The lowest BCUT2D eigenvalue weighted by atomic mass is 9.95. The van der Waals surface area contributed by atoms with Gasteiger partial charge in [0.15, 0.2) is 31.3 Å². The number of hydrogen-bond donors (Lipinski definition) is 14. The molecule has 0 radical (unpaired) electrons. The minimum atomic E-state index is -2.20. The van der Waals surface area contributed by atoms with Gasteiger partial charge < -0.3 is 110 Å². The molecule has 0 spiro atoms. The molecule has 23 heteroatoms. The quantitative estimate of drug-likeness (QED) is 0.0649. The highest BCUT2D eigenvalue weighted by atomic mass is 16.8. The standard InChI is InChI=1S/C29H51NO22/c30-4-2-1-3-5-45-26-18(40)14(36)21(10(7-32)47-26)49-28-19(41)15(37)22(11(8-33)48-28)50-29-20(42)16(38)23(24(52-29)25(43)44)51-27-17(39)13(35)12(34)9(6-31)46-27/h9-24,26-29,31-42H,1-8,30H2,(H,43,44)/t9?,10?,11?,12-,13?,14?,15?,16?,17?,18?,19?,20?,21+,22+,23-,24?,26-,27+,28-,29+/m0/s1. The molecule has 4 fully saturated rings. The van der Waals surface area contributed by atoms with Crippen LogP contribution in [0.1, 0.15) is 19.3 Å². The Bertz CT molecular complexity index is 1090. The van der Waals surface area contributed by atoms with Crippen molar-refractivity contribution in [3.63, 3.8) is 0 Å². The molecule has 4 saturated heterocycles. The van der Waals surface area contributed by atoms with Crippen molar-refractivity contribution in [2.45, 2.75) is 142 Å². The zero-order valence-corrected chi connectivity index (χ0v) is 27.8. The molecule has 20 atom stereocenters. The number of carboxylic acid groups (broad SMARTS) is 1. The van der Waals surface area contributed by atoms with Crippen LogP contribution in [-0.4, -0.2) is 228 Å². The second-order valence-electron chi connectivity index (χ2n) is 12.9. The summed E-state index contributed by atoms with van der Waals surface area (Å²) in [5, 5.41) is 135. The Labute approximate surface area is 296 Å². The molecule has 0 aromatic rings. The van der Waals surface area contributed by atoms with E-state index in [2.05, 4.69) is 0 Å². The zero-order chi connectivity index (χ0) is 38.4. The molecule has 23 nitrogen and oxygen atoms in total. The van der Waals surface area contributed by atoms with Crippen LogP contribution in [0.4, 0.5) is 0 Å². The minimum Gasteiger partial charge on any atom is -0.479 e. The molecule has 4 heterocycles. The van der Waals surface area contributed by atoms with E-state index in [0.29, 0.717) is 13.0 Å². The van der Waals surface area contributed by atoms with Crippen LogP contribution in [0.2, 0.25) is 0 Å². The number of aliphatic carboxylic acids is 1. The van der Waals surface area contributed by atoms with Crippen LogP contribution in [0.5, 0.6) is 0 Å². The van der Waals surface area contributed by atoms with Crippen LogP contribution in [0.3, 0.4) is 0 Å². The summed E-state index contributed by atoms with van der Waals surface area (Å²) in [5.41, 5.74) is 5.46. The molecule has 0 bridgehead atoms. The Morgan fingerprint density at radius 1 is 0.500 bits per heavy atom. The van der Waals surface area contributed by atoms with E-state index in [1.165, 1.54) is 0 Å². The van der Waals surface area contributed by atoms with E-state index in [-0.39, 0.29) is 6.61 Å². The summed E-state index contributed by atoms with van der Waals surface area (Å²) in [6, 6.07) is 0. The summed E-state index contributed by atoms with van der Waals surface area (Å²) in [6.45, 7) is -1.94. The van der Waals surface area contributed by atoms with E-state index in [4.69, 9.17) is 43.6 Å². The van der Waals surface area contributed by atoms with E-state index in [9.17, 15) is 71.2 Å². The normalized spacial score (nSPS) is 47.3. The van der Waals surface area contributed by atoms with E-state index in [1.807, 2.05) is 0 Å². The summed E-state index contributed by atoms with van der Waals surface area (Å²) in [5.74, 6) is -1.80. The molecule has 4 aliphatic rings. The maximum absolute atomic E-state index is 12.2. The van der Waals surface area contributed by atoms with Crippen molar-refractivity contribution in [2.24, 2.45) is 5.73 Å². The molecule has 0 aromatic heterocycles. The van der Waals surface area contributed by atoms with E-state index in [1.54, 1.807) is 0 Å². The molecule has 0 aromatic carbocycles. The number of nitrogens with two attached hydrogens (primary N) is 1. The summed E-state index contributed by atoms with van der Waals surface area (Å²) in [6.07, 6.45) is -34.9. The van der Waals surface area contributed by atoms with E-state index < -0.39 is 149 Å². The molecule has 4 rings (SSSR count). The lowest BCUT2D eigenvalue weighted by Crippen LogP contribution is -2.68. The van der Waals surface area contributed by atoms with Gasteiger partial charge in [-0.1, -0.05) is 0 Å². The van der Waals surface area contributed by atoms with E-state index in [0.717, 1.165) is 12.8 Å². The number of hydrogen-bond acceptors (Lipinski definition) is 22. The van der Waals surface area contributed by atoms with Crippen molar-refractivity contribution >= 4 is 5.97 Å². The lowest BCUT2D eigenvalue weighted by Gasteiger charge is -2.48. The third-order valence-corrected chi connectivity index (χ3v) is 9.28. The Morgan fingerprint density at radius 2 is 0.923 bits per heavy atom. The first kappa shape index (κ1) is 43.4. The topological polar surface area (TPSA) is 380 Å². The predicted octanol–water partition coefficient (Wildman–Crippen LogP) is -8.50.